The fourth-order valence-corrected chi connectivity index (χ4v) is 3.72. The Morgan fingerprint density at radius 3 is 2.47 bits per heavy atom. The van der Waals surface area contributed by atoms with Crippen LogP contribution in [-0.2, 0) is 0 Å². The number of nitrogens with one attached hydrogen (secondary N) is 1. The van der Waals surface area contributed by atoms with E-state index in [1.165, 1.54) is 0 Å². The van der Waals surface area contributed by atoms with Gasteiger partial charge in [-0.25, -0.2) is 4.98 Å². The Bertz CT molecular complexity index is 1250. The summed E-state index contributed by atoms with van der Waals surface area (Å²) in [6, 6.07) is 24.8. The average Bonchev–Trinajstić information content (AvgIpc) is 3.23. The third-order valence-electron chi connectivity index (χ3n) is 5.01. The molecule has 1 aliphatic rings. The largest absolute Gasteiger partial charge is 0.324 e. The molecule has 1 unspecified atom stereocenters. The number of hydrogen-bond acceptors (Lipinski definition) is 3. The first-order valence-electron chi connectivity index (χ1n) is 9.53. The number of aromatic nitrogens is 2. The van der Waals surface area contributed by atoms with Crippen molar-refractivity contribution in [3.05, 3.63) is 119 Å². The van der Waals surface area contributed by atoms with Crippen LogP contribution >= 0.6 is 11.6 Å². The Kier molecular flexibility index (Phi) is 4.65. The van der Waals surface area contributed by atoms with Crippen LogP contribution in [0.5, 0.6) is 0 Å². The molecular weight excluding hydrogens is 396 g/mol. The lowest BCUT2D eigenvalue weighted by molar-refractivity contribution is 0.0936. The first-order valence-corrected chi connectivity index (χ1v) is 9.91. The summed E-state index contributed by atoms with van der Waals surface area (Å²) in [5, 5.41) is 3.60. The number of rotatable bonds is 3. The van der Waals surface area contributed by atoms with Gasteiger partial charge in [-0.3, -0.25) is 14.4 Å². The number of nitrogens with zero attached hydrogens (tertiary/aromatic N) is 3. The predicted octanol–water partition coefficient (Wildman–Crippen LogP) is 4.81. The van der Waals surface area contributed by atoms with E-state index < -0.39 is 6.17 Å². The summed E-state index contributed by atoms with van der Waals surface area (Å²) in [5.74, 6) is 0.407. The molecule has 0 saturated carbocycles. The van der Waals surface area contributed by atoms with Gasteiger partial charge in [0.25, 0.3) is 5.91 Å². The highest BCUT2D eigenvalue weighted by atomic mass is 35.5. The van der Waals surface area contributed by atoms with Gasteiger partial charge in [0.15, 0.2) is 12.0 Å². The van der Waals surface area contributed by atoms with E-state index in [9.17, 15) is 4.79 Å². The van der Waals surface area contributed by atoms with Crippen molar-refractivity contribution in [2.75, 3.05) is 0 Å². The lowest BCUT2D eigenvalue weighted by atomic mass is 10.0. The van der Waals surface area contributed by atoms with Crippen molar-refractivity contribution < 1.29 is 4.79 Å². The third-order valence-corrected chi connectivity index (χ3v) is 5.26. The fourth-order valence-electron chi connectivity index (χ4n) is 3.59. The van der Waals surface area contributed by atoms with E-state index >= 15 is 0 Å². The van der Waals surface area contributed by atoms with E-state index in [-0.39, 0.29) is 5.91 Å². The van der Waals surface area contributed by atoms with Gasteiger partial charge in [0, 0.05) is 34.1 Å². The van der Waals surface area contributed by atoms with Crippen molar-refractivity contribution in [1.82, 2.24) is 14.9 Å². The maximum absolute atomic E-state index is 12.9. The highest BCUT2D eigenvalue weighted by molar-refractivity contribution is 6.30. The number of fused-ring (bicyclic) bond motifs is 3. The SMILES string of the molecule is O=C(NC1N=C(c2ccccc2)c2ccccc2-n2ccnc21)c1ccc(Cl)cc1. The van der Waals surface area contributed by atoms with E-state index in [1.54, 1.807) is 30.5 Å². The molecule has 5 rings (SSSR count). The number of para-hydroxylation sites is 1. The molecule has 1 amide bonds. The maximum Gasteiger partial charge on any atom is 0.253 e. The molecule has 1 aliphatic heterocycles. The van der Waals surface area contributed by atoms with Crippen LogP contribution in [0.1, 0.15) is 33.5 Å². The van der Waals surface area contributed by atoms with Crippen molar-refractivity contribution in [3.8, 4) is 5.69 Å². The summed E-state index contributed by atoms with van der Waals surface area (Å²) in [5.41, 5.74) is 4.23. The van der Waals surface area contributed by atoms with Gasteiger partial charge < -0.3 is 5.32 Å². The normalized spacial score (nSPS) is 14.8. The van der Waals surface area contributed by atoms with Crippen LogP contribution in [0.15, 0.2) is 96.2 Å². The molecule has 0 aliphatic carbocycles. The molecule has 0 saturated heterocycles. The quantitative estimate of drug-likeness (QED) is 0.525. The van der Waals surface area contributed by atoms with Crippen LogP contribution in [0.3, 0.4) is 0 Å². The molecule has 4 aromatic rings. The number of halogens is 1. The van der Waals surface area contributed by atoms with Gasteiger partial charge in [-0.05, 0) is 30.3 Å². The zero-order valence-electron chi connectivity index (χ0n) is 15.9. The summed E-state index contributed by atoms with van der Waals surface area (Å²) in [7, 11) is 0. The zero-order valence-corrected chi connectivity index (χ0v) is 16.6. The van der Waals surface area contributed by atoms with E-state index in [2.05, 4.69) is 10.3 Å². The first-order chi connectivity index (χ1) is 14.7. The highest BCUT2D eigenvalue weighted by Crippen LogP contribution is 2.29. The summed E-state index contributed by atoms with van der Waals surface area (Å²) in [4.78, 5) is 22.4. The van der Waals surface area contributed by atoms with Gasteiger partial charge >= 0.3 is 0 Å². The van der Waals surface area contributed by atoms with E-state index in [0.29, 0.717) is 16.4 Å². The number of hydrogen-bond donors (Lipinski definition) is 1. The van der Waals surface area contributed by atoms with Crippen LogP contribution in [0.25, 0.3) is 5.69 Å². The molecular formula is C24H17ClN4O. The molecule has 1 atom stereocenters. The highest BCUT2D eigenvalue weighted by Gasteiger charge is 2.26. The lowest BCUT2D eigenvalue weighted by Crippen LogP contribution is -2.29. The Balaban J connectivity index is 1.63. The van der Waals surface area contributed by atoms with Gasteiger partial charge in [-0.1, -0.05) is 60.1 Å². The van der Waals surface area contributed by atoms with Crippen molar-refractivity contribution in [3.63, 3.8) is 0 Å². The number of amides is 1. The van der Waals surface area contributed by atoms with E-state index in [4.69, 9.17) is 16.6 Å². The van der Waals surface area contributed by atoms with Crippen molar-refractivity contribution in [2.45, 2.75) is 6.17 Å². The standard InChI is InChI=1S/C24H17ClN4O/c25-18-12-10-17(11-13-18)24(30)28-22-23-26-14-15-29(23)20-9-5-4-8-19(20)21(27-22)16-6-2-1-3-7-16/h1-15,22H,(H,28,30). The van der Waals surface area contributed by atoms with Crippen molar-refractivity contribution >= 4 is 23.2 Å². The molecule has 0 radical (unpaired) electrons. The Morgan fingerprint density at radius 2 is 1.67 bits per heavy atom. The molecule has 6 heteroatoms. The fraction of sp³-hybridized carbons (Fsp3) is 0.0417. The van der Waals surface area contributed by atoms with Crippen LogP contribution < -0.4 is 5.32 Å². The van der Waals surface area contributed by atoms with Crippen molar-refractivity contribution in [2.24, 2.45) is 4.99 Å². The molecule has 30 heavy (non-hydrogen) atoms. The second kappa shape index (κ2) is 7.61. The van der Waals surface area contributed by atoms with Gasteiger partial charge in [-0.15, -0.1) is 0 Å². The van der Waals surface area contributed by atoms with Crippen LogP contribution in [0, 0.1) is 0 Å². The smallest absolute Gasteiger partial charge is 0.253 e. The third kappa shape index (κ3) is 3.29. The Labute approximate surface area is 178 Å². The minimum atomic E-state index is -0.647. The second-order valence-electron chi connectivity index (χ2n) is 6.90. The molecule has 0 fully saturated rings. The van der Waals surface area contributed by atoms with E-state index in [0.717, 1.165) is 22.5 Å². The summed E-state index contributed by atoms with van der Waals surface area (Å²) in [6.07, 6.45) is 2.96. The molecule has 0 spiro atoms. The topological polar surface area (TPSA) is 59.3 Å². The lowest BCUT2D eigenvalue weighted by Gasteiger charge is -2.15. The van der Waals surface area contributed by atoms with Crippen LogP contribution in [-0.4, -0.2) is 21.2 Å². The Hall–Kier alpha value is -3.70. The van der Waals surface area contributed by atoms with Crippen LogP contribution in [0.2, 0.25) is 5.02 Å². The van der Waals surface area contributed by atoms with Gasteiger partial charge in [0.05, 0.1) is 11.4 Å². The number of benzene rings is 3. The van der Waals surface area contributed by atoms with Gasteiger partial charge in [0.1, 0.15) is 0 Å². The predicted molar refractivity (Wildman–Crippen MR) is 117 cm³/mol. The van der Waals surface area contributed by atoms with Crippen molar-refractivity contribution in [1.29, 1.82) is 0 Å². The number of imidazole rings is 1. The average molecular weight is 413 g/mol. The van der Waals surface area contributed by atoms with E-state index in [1.807, 2.05) is 65.4 Å². The molecule has 1 N–H and O–H groups in total. The summed E-state index contributed by atoms with van der Waals surface area (Å²) >= 11 is 5.95. The van der Waals surface area contributed by atoms with Gasteiger partial charge in [0.2, 0.25) is 0 Å². The van der Waals surface area contributed by atoms with Crippen LogP contribution in [0.4, 0.5) is 0 Å². The number of carbonyl (C=O) groups is 1. The second-order valence-corrected chi connectivity index (χ2v) is 7.34. The molecule has 0 bridgehead atoms. The summed E-state index contributed by atoms with van der Waals surface area (Å²) < 4.78 is 1.97. The zero-order chi connectivity index (χ0) is 20.5. The molecule has 1 aromatic heterocycles. The monoisotopic (exact) mass is 412 g/mol. The minimum absolute atomic E-state index is 0.242. The minimum Gasteiger partial charge on any atom is -0.324 e. The molecule has 5 nitrogen and oxygen atoms in total. The molecule has 2 heterocycles. The first kappa shape index (κ1) is 18.3. The molecule has 3 aromatic carbocycles. The Morgan fingerprint density at radius 1 is 0.933 bits per heavy atom. The molecule has 146 valence electrons. The summed E-state index contributed by atoms with van der Waals surface area (Å²) in [6.45, 7) is 0. The maximum atomic E-state index is 12.9. The number of aliphatic imine (C=N–C) groups is 1. The number of carbonyl (C=O) groups excluding carboxylic acids is 1. The van der Waals surface area contributed by atoms with Gasteiger partial charge in [-0.2, -0.15) is 0 Å².